The molecule has 1 saturated carbocycles. The summed E-state index contributed by atoms with van der Waals surface area (Å²) in [4.78, 5) is 21.3. The maximum Gasteiger partial charge on any atom is 0.274 e. The van der Waals surface area contributed by atoms with E-state index in [-0.39, 0.29) is 35.6 Å². The minimum absolute atomic E-state index is 0.0662. The van der Waals surface area contributed by atoms with Gasteiger partial charge in [-0.2, -0.15) is 0 Å². The van der Waals surface area contributed by atoms with Gasteiger partial charge in [0, 0.05) is 17.8 Å². The van der Waals surface area contributed by atoms with E-state index in [4.69, 9.17) is 10.5 Å². The van der Waals surface area contributed by atoms with Gasteiger partial charge < -0.3 is 15.8 Å². The van der Waals surface area contributed by atoms with Crippen molar-refractivity contribution < 1.29 is 22.7 Å². The molecule has 3 N–H and O–H groups in total. The number of nitrogens with zero attached hydrogens (tertiary/aromatic N) is 2. The van der Waals surface area contributed by atoms with E-state index in [9.17, 15) is 9.18 Å². The first kappa shape index (κ1) is 25.0. The summed E-state index contributed by atoms with van der Waals surface area (Å²) in [5, 5.41) is 2.79. The van der Waals surface area contributed by atoms with Crippen molar-refractivity contribution in [2.24, 2.45) is 11.7 Å². The van der Waals surface area contributed by atoms with Gasteiger partial charge in [-0.15, -0.1) is 0 Å². The van der Waals surface area contributed by atoms with E-state index in [1.165, 1.54) is 6.07 Å². The second-order valence-electron chi connectivity index (χ2n) is 9.84. The molecule has 0 radical (unpaired) electrons. The summed E-state index contributed by atoms with van der Waals surface area (Å²) in [7, 11) is 0. The van der Waals surface area contributed by atoms with Gasteiger partial charge in [0.15, 0.2) is 11.6 Å². The second kappa shape index (κ2) is 9.97. The molecule has 3 heterocycles. The fourth-order valence-corrected chi connectivity index (χ4v) is 5.32. The highest BCUT2D eigenvalue weighted by Gasteiger charge is 2.29. The lowest BCUT2D eigenvalue weighted by Gasteiger charge is -2.32. The zero-order valence-electron chi connectivity index (χ0n) is 20.5. The van der Waals surface area contributed by atoms with Gasteiger partial charge in [-0.25, -0.2) is 18.2 Å². The highest BCUT2D eigenvalue weighted by atomic mass is 19.1. The van der Waals surface area contributed by atoms with Crippen molar-refractivity contribution in [3.63, 3.8) is 0 Å². The molecule has 3 aromatic rings. The summed E-state index contributed by atoms with van der Waals surface area (Å²) in [6.07, 6.45) is 7.54. The first-order chi connectivity index (χ1) is 17.7. The maximum absolute atomic E-state index is 15.3. The van der Waals surface area contributed by atoms with Gasteiger partial charge in [0.05, 0.1) is 17.4 Å². The molecule has 6 nitrogen and oxygen atoms in total. The number of pyridine rings is 2. The molecule has 3 atom stereocenters. The molecule has 9 heteroatoms. The normalized spacial score (nSPS) is 21.0. The number of hydrogen-bond donors (Lipinski definition) is 2. The van der Waals surface area contributed by atoms with Gasteiger partial charge in [-0.1, -0.05) is 6.92 Å². The number of anilines is 1. The Bertz CT molecular complexity index is 1400. The molecule has 1 amide bonds. The number of aromatic nitrogens is 2. The van der Waals surface area contributed by atoms with E-state index >= 15 is 8.78 Å². The molecule has 2 aromatic heterocycles. The van der Waals surface area contributed by atoms with Gasteiger partial charge in [-0.3, -0.25) is 9.78 Å². The number of ether oxygens (including phenoxy) is 1. The van der Waals surface area contributed by atoms with Gasteiger partial charge in [0.25, 0.3) is 5.91 Å². The van der Waals surface area contributed by atoms with Crippen LogP contribution in [-0.2, 0) is 0 Å². The molecule has 1 aliphatic carbocycles. The quantitative estimate of drug-likeness (QED) is 0.462. The number of amides is 1. The summed E-state index contributed by atoms with van der Waals surface area (Å²) in [5.74, 6) is -3.28. The number of rotatable bonds is 4. The van der Waals surface area contributed by atoms with Gasteiger partial charge >= 0.3 is 0 Å². The van der Waals surface area contributed by atoms with Crippen LogP contribution in [0.15, 0.2) is 42.7 Å². The third-order valence-electron chi connectivity index (χ3n) is 7.05. The standard InChI is InChI=1S/C28H27F3N4O2/c1-14-9-16(11-17(32)10-14)18-5-7-33-13-23(18)35-28(36)22-4-3-20(29)26(34-22)24-21(30)12-19-15(2)6-8-37-27(19)25(24)31/h3-7,12-14,16-17H,8-11,32H2,1-2H3,(H,35,36)/t14-,16+,17+/m0/s1. The van der Waals surface area contributed by atoms with Crippen molar-refractivity contribution in [3.05, 3.63) is 77.0 Å². The number of halogens is 3. The Morgan fingerprint density at radius 3 is 2.73 bits per heavy atom. The summed E-state index contributed by atoms with van der Waals surface area (Å²) in [5.41, 5.74) is 7.03. The molecule has 0 saturated heterocycles. The van der Waals surface area contributed by atoms with Gasteiger partial charge in [0.2, 0.25) is 0 Å². The Kier molecular flexibility index (Phi) is 6.72. The highest BCUT2D eigenvalue weighted by molar-refractivity contribution is 6.03. The lowest BCUT2D eigenvalue weighted by atomic mass is 9.76. The van der Waals surface area contributed by atoms with Crippen molar-refractivity contribution in [1.82, 2.24) is 9.97 Å². The topological polar surface area (TPSA) is 90.1 Å². The minimum atomic E-state index is -1.07. The molecule has 0 unspecified atom stereocenters. The smallest absolute Gasteiger partial charge is 0.274 e. The average molecular weight is 509 g/mol. The minimum Gasteiger partial charge on any atom is -0.486 e. The molecule has 5 rings (SSSR count). The Labute approximate surface area is 212 Å². The lowest BCUT2D eigenvalue weighted by molar-refractivity contribution is 0.102. The van der Waals surface area contributed by atoms with Crippen LogP contribution >= 0.6 is 0 Å². The van der Waals surface area contributed by atoms with E-state index in [0.29, 0.717) is 17.2 Å². The molecule has 0 spiro atoms. The van der Waals surface area contributed by atoms with Crippen LogP contribution in [-0.4, -0.2) is 28.5 Å². The maximum atomic E-state index is 15.3. The highest BCUT2D eigenvalue weighted by Crippen LogP contribution is 2.40. The van der Waals surface area contributed by atoms with E-state index in [1.54, 1.807) is 25.4 Å². The van der Waals surface area contributed by atoms with Gasteiger partial charge in [0.1, 0.15) is 29.6 Å². The number of fused-ring (bicyclic) bond motifs is 1. The fourth-order valence-electron chi connectivity index (χ4n) is 5.32. The Hall–Kier alpha value is -3.72. The second-order valence-corrected chi connectivity index (χ2v) is 9.84. The van der Waals surface area contributed by atoms with Crippen LogP contribution in [0.3, 0.4) is 0 Å². The zero-order chi connectivity index (χ0) is 26.3. The number of carbonyl (C=O) groups is 1. The SMILES string of the molecule is CC1=CCOc2c1cc(F)c(-c1nc(C(=O)Nc3cnccc3[C@@H]3C[C@H](C)C[C@@H](N)C3)ccc1F)c2F. The molecule has 1 aromatic carbocycles. The van der Waals surface area contributed by atoms with E-state index in [2.05, 4.69) is 22.2 Å². The van der Waals surface area contributed by atoms with Crippen molar-refractivity contribution in [3.8, 4) is 17.0 Å². The van der Waals surface area contributed by atoms with Crippen LogP contribution < -0.4 is 15.8 Å². The summed E-state index contributed by atoms with van der Waals surface area (Å²) in [6.45, 7) is 3.96. The van der Waals surface area contributed by atoms with Gasteiger partial charge in [-0.05, 0) is 79.5 Å². The summed E-state index contributed by atoms with van der Waals surface area (Å²) >= 11 is 0. The predicted molar refractivity (Wildman–Crippen MR) is 135 cm³/mol. The predicted octanol–water partition coefficient (Wildman–Crippen LogP) is 5.84. The third-order valence-corrected chi connectivity index (χ3v) is 7.05. The number of nitrogens with one attached hydrogen (secondary N) is 1. The number of allylic oxidation sites excluding steroid dienone is 1. The largest absolute Gasteiger partial charge is 0.486 e. The summed E-state index contributed by atoms with van der Waals surface area (Å²) < 4.78 is 50.5. The number of hydrogen-bond acceptors (Lipinski definition) is 5. The molecule has 0 bridgehead atoms. The number of carbonyl (C=O) groups excluding carboxylic acids is 1. The van der Waals surface area contributed by atoms with Crippen LogP contribution in [0.2, 0.25) is 0 Å². The number of nitrogens with two attached hydrogens (primary N) is 1. The lowest BCUT2D eigenvalue weighted by Crippen LogP contribution is -2.31. The molecule has 1 fully saturated rings. The molecule has 2 aliphatic rings. The third kappa shape index (κ3) is 4.83. The van der Waals surface area contributed by atoms with E-state index in [1.807, 2.05) is 6.07 Å². The average Bonchev–Trinajstić information content (AvgIpc) is 2.85. The van der Waals surface area contributed by atoms with Crippen LogP contribution in [0.5, 0.6) is 5.75 Å². The van der Waals surface area contributed by atoms with Crippen molar-refractivity contribution in [2.75, 3.05) is 11.9 Å². The van der Waals surface area contributed by atoms with Crippen LogP contribution in [0.4, 0.5) is 18.9 Å². The molecule has 37 heavy (non-hydrogen) atoms. The number of benzene rings is 1. The van der Waals surface area contributed by atoms with Crippen LogP contribution in [0.25, 0.3) is 16.8 Å². The molecular weight excluding hydrogens is 481 g/mol. The summed E-state index contributed by atoms with van der Waals surface area (Å²) in [6, 6.07) is 5.14. The van der Waals surface area contributed by atoms with E-state index in [0.717, 1.165) is 37.0 Å². The molecule has 1 aliphatic heterocycles. The fraction of sp³-hybridized carbons (Fsp3) is 0.321. The zero-order valence-corrected chi connectivity index (χ0v) is 20.5. The molecule has 192 valence electrons. The molecular formula is C28H27F3N4O2. The Morgan fingerprint density at radius 2 is 1.95 bits per heavy atom. The van der Waals surface area contributed by atoms with E-state index < -0.39 is 34.6 Å². The van der Waals surface area contributed by atoms with Crippen molar-refractivity contribution in [1.29, 1.82) is 0 Å². The first-order valence-electron chi connectivity index (χ1n) is 12.2. The first-order valence-corrected chi connectivity index (χ1v) is 12.2. The van der Waals surface area contributed by atoms with Crippen LogP contribution in [0.1, 0.15) is 60.6 Å². The monoisotopic (exact) mass is 508 g/mol. The van der Waals surface area contributed by atoms with Crippen LogP contribution in [0, 0.1) is 23.4 Å². The Balaban J connectivity index is 1.48. The van der Waals surface area contributed by atoms with Crippen molar-refractivity contribution in [2.45, 2.75) is 45.1 Å². The van der Waals surface area contributed by atoms with Crippen molar-refractivity contribution >= 4 is 17.2 Å². The Morgan fingerprint density at radius 1 is 1.14 bits per heavy atom.